The second-order valence-corrected chi connectivity index (χ2v) is 6.16. The third-order valence-corrected chi connectivity index (χ3v) is 3.66. The third kappa shape index (κ3) is 6.40. The summed E-state index contributed by atoms with van der Waals surface area (Å²) in [4.78, 5) is 26.0. The van der Waals surface area contributed by atoms with E-state index >= 15 is 0 Å². The van der Waals surface area contributed by atoms with Crippen molar-refractivity contribution in [3.05, 3.63) is 35.4 Å². The summed E-state index contributed by atoms with van der Waals surface area (Å²) in [5.74, 6) is -0.249. The monoisotopic (exact) mass is 320 g/mol. The fourth-order valence-electron chi connectivity index (χ4n) is 2.31. The van der Waals surface area contributed by atoms with E-state index in [9.17, 15) is 9.59 Å². The van der Waals surface area contributed by atoms with Gasteiger partial charge in [-0.05, 0) is 18.4 Å². The van der Waals surface area contributed by atoms with Gasteiger partial charge in [-0.3, -0.25) is 9.59 Å². The van der Waals surface area contributed by atoms with Crippen molar-refractivity contribution in [1.82, 2.24) is 10.2 Å². The number of ether oxygens (including phenoxy) is 1. The van der Waals surface area contributed by atoms with Crippen LogP contribution in [0, 0.1) is 12.8 Å². The summed E-state index contributed by atoms with van der Waals surface area (Å²) in [7, 11) is 1.61. The Morgan fingerprint density at radius 3 is 2.30 bits per heavy atom. The van der Waals surface area contributed by atoms with Gasteiger partial charge in [-0.15, -0.1) is 0 Å². The van der Waals surface area contributed by atoms with E-state index < -0.39 is 6.04 Å². The maximum absolute atomic E-state index is 12.9. The van der Waals surface area contributed by atoms with Gasteiger partial charge in [0.25, 0.3) is 0 Å². The molecule has 1 rings (SSSR count). The zero-order chi connectivity index (χ0) is 17.4. The molecule has 0 aliphatic carbocycles. The zero-order valence-corrected chi connectivity index (χ0v) is 14.8. The number of nitrogens with one attached hydrogen (secondary N) is 1. The lowest BCUT2D eigenvalue weighted by Crippen LogP contribution is -2.51. The minimum atomic E-state index is -0.519. The highest BCUT2D eigenvalue weighted by molar-refractivity contribution is 5.87. The van der Waals surface area contributed by atoms with E-state index in [1.54, 1.807) is 12.0 Å². The molecule has 0 aliphatic heterocycles. The van der Waals surface area contributed by atoms with E-state index in [0.717, 1.165) is 5.56 Å². The first kappa shape index (κ1) is 19.2. The maximum atomic E-state index is 12.9. The smallest absolute Gasteiger partial charge is 0.245 e. The number of rotatable bonds is 8. The van der Waals surface area contributed by atoms with E-state index in [4.69, 9.17) is 4.74 Å². The van der Waals surface area contributed by atoms with Gasteiger partial charge in [0.1, 0.15) is 6.04 Å². The first-order valence-corrected chi connectivity index (χ1v) is 7.95. The average molecular weight is 320 g/mol. The van der Waals surface area contributed by atoms with Crippen molar-refractivity contribution in [2.24, 2.45) is 5.92 Å². The number of nitrogens with zero attached hydrogens (tertiary/aromatic N) is 1. The van der Waals surface area contributed by atoms with Crippen molar-refractivity contribution in [3.8, 4) is 0 Å². The highest BCUT2D eigenvalue weighted by atomic mass is 16.5. The molecule has 23 heavy (non-hydrogen) atoms. The Kier molecular flexibility index (Phi) is 7.75. The van der Waals surface area contributed by atoms with E-state index in [1.165, 1.54) is 12.5 Å². The SMILES string of the molecule is COCCN(Cc1ccc(C)cc1)C(=O)[C@H](NC(C)=O)C(C)C. The van der Waals surface area contributed by atoms with E-state index in [2.05, 4.69) is 5.32 Å². The molecule has 2 amide bonds. The minimum absolute atomic E-state index is 0.0227. The largest absolute Gasteiger partial charge is 0.383 e. The number of amides is 2. The number of carbonyl (C=O) groups excluding carboxylic acids is 2. The van der Waals surface area contributed by atoms with Gasteiger partial charge in [-0.1, -0.05) is 43.7 Å². The minimum Gasteiger partial charge on any atom is -0.383 e. The maximum Gasteiger partial charge on any atom is 0.245 e. The lowest BCUT2D eigenvalue weighted by molar-refractivity contribution is -0.138. The Balaban J connectivity index is 2.91. The molecule has 1 atom stereocenters. The van der Waals surface area contributed by atoms with Crippen LogP contribution in [0.5, 0.6) is 0 Å². The number of aryl methyl sites for hydroxylation is 1. The molecule has 1 aromatic rings. The molecule has 0 heterocycles. The molecule has 0 bridgehead atoms. The second-order valence-electron chi connectivity index (χ2n) is 6.16. The van der Waals surface area contributed by atoms with Gasteiger partial charge in [0.05, 0.1) is 6.61 Å². The molecule has 128 valence electrons. The van der Waals surface area contributed by atoms with Crippen LogP contribution in [0.2, 0.25) is 0 Å². The van der Waals surface area contributed by atoms with Gasteiger partial charge in [-0.2, -0.15) is 0 Å². The first-order valence-electron chi connectivity index (χ1n) is 7.95. The number of hydrogen-bond donors (Lipinski definition) is 1. The third-order valence-electron chi connectivity index (χ3n) is 3.66. The number of benzene rings is 1. The van der Waals surface area contributed by atoms with Crippen LogP contribution in [0.15, 0.2) is 24.3 Å². The van der Waals surface area contributed by atoms with E-state index in [-0.39, 0.29) is 17.7 Å². The average Bonchev–Trinajstić information content (AvgIpc) is 2.50. The molecule has 0 saturated heterocycles. The van der Waals surface area contributed by atoms with Gasteiger partial charge in [0, 0.05) is 27.1 Å². The summed E-state index contributed by atoms with van der Waals surface area (Å²) in [6.07, 6.45) is 0. The van der Waals surface area contributed by atoms with E-state index in [0.29, 0.717) is 19.7 Å². The highest BCUT2D eigenvalue weighted by Gasteiger charge is 2.27. The predicted molar refractivity (Wildman–Crippen MR) is 90.9 cm³/mol. The van der Waals surface area contributed by atoms with E-state index in [1.807, 2.05) is 45.0 Å². The van der Waals surface area contributed by atoms with Gasteiger partial charge >= 0.3 is 0 Å². The molecular formula is C18H28N2O3. The van der Waals surface area contributed by atoms with Crippen molar-refractivity contribution in [2.45, 2.75) is 40.3 Å². The summed E-state index contributed by atoms with van der Waals surface area (Å²) in [5.41, 5.74) is 2.24. The summed E-state index contributed by atoms with van der Waals surface area (Å²) in [5, 5.41) is 2.76. The number of hydrogen-bond acceptors (Lipinski definition) is 3. The number of carbonyl (C=O) groups is 2. The summed E-state index contributed by atoms with van der Waals surface area (Å²) >= 11 is 0. The Labute approximate surface area is 139 Å². The topological polar surface area (TPSA) is 58.6 Å². The quantitative estimate of drug-likeness (QED) is 0.798. The molecular weight excluding hydrogens is 292 g/mol. The van der Waals surface area contributed by atoms with Crippen LogP contribution < -0.4 is 5.32 Å². The standard InChI is InChI=1S/C18H28N2O3/c1-13(2)17(19-15(4)21)18(22)20(10-11-23-5)12-16-8-6-14(3)7-9-16/h6-9,13,17H,10-12H2,1-5H3,(H,19,21)/t17-/m1/s1. The fraction of sp³-hybridized carbons (Fsp3) is 0.556. The Bertz CT molecular complexity index is 512. The molecule has 0 fully saturated rings. The fourth-order valence-corrected chi connectivity index (χ4v) is 2.31. The lowest BCUT2D eigenvalue weighted by atomic mass is 10.0. The van der Waals surface area contributed by atoms with Crippen molar-refractivity contribution in [3.63, 3.8) is 0 Å². The van der Waals surface area contributed by atoms with Gasteiger partial charge in [0.2, 0.25) is 11.8 Å². The highest BCUT2D eigenvalue weighted by Crippen LogP contribution is 2.12. The van der Waals surface area contributed by atoms with Crippen molar-refractivity contribution in [2.75, 3.05) is 20.3 Å². The lowest BCUT2D eigenvalue weighted by Gasteiger charge is -2.29. The molecule has 0 spiro atoms. The van der Waals surface area contributed by atoms with Crippen LogP contribution in [0.3, 0.4) is 0 Å². The second kappa shape index (κ2) is 9.30. The van der Waals surface area contributed by atoms with Crippen LogP contribution in [-0.4, -0.2) is 43.0 Å². The molecule has 1 N–H and O–H groups in total. The zero-order valence-electron chi connectivity index (χ0n) is 14.8. The summed E-state index contributed by atoms with van der Waals surface area (Å²) in [6, 6.07) is 7.58. The van der Waals surface area contributed by atoms with Crippen molar-refractivity contribution < 1.29 is 14.3 Å². The summed E-state index contributed by atoms with van der Waals surface area (Å²) < 4.78 is 5.12. The van der Waals surface area contributed by atoms with Crippen molar-refractivity contribution >= 4 is 11.8 Å². The molecule has 0 aliphatic rings. The van der Waals surface area contributed by atoms with Gasteiger partial charge in [-0.25, -0.2) is 0 Å². The van der Waals surface area contributed by atoms with Gasteiger partial charge in [0.15, 0.2) is 0 Å². The normalized spacial score (nSPS) is 12.1. The Morgan fingerprint density at radius 1 is 1.22 bits per heavy atom. The molecule has 0 aromatic heterocycles. The molecule has 0 unspecified atom stereocenters. The Morgan fingerprint density at radius 2 is 1.83 bits per heavy atom. The molecule has 0 radical (unpaired) electrons. The van der Waals surface area contributed by atoms with Crippen LogP contribution in [0.25, 0.3) is 0 Å². The van der Waals surface area contributed by atoms with Crippen LogP contribution in [0.4, 0.5) is 0 Å². The first-order chi connectivity index (χ1) is 10.8. The molecule has 5 heteroatoms. The molecule has 5 nitrogen and oxygen atoms in total. The van der Waals surface area contributed by atoms with Gasteiger partial charge < -0.3 is 15.0 Å². The summed E-state index contributed by atoms with van der Waals surface area (Å²) in [6.45, 7) is 8.78. The van der Waals surface area contributed by atoms with Crippen LogP contribution in [-0.2, 0) is 20.9 Å². The van der Waals surface area contributed by atoms with Crippen LogP contribution in [0.1, 0.15) is 31.9 Å². The Hall–Kier alpha value is -1.88. The number of methoxy groups -OCH3 is 1. The van der Waals surface area contributed by atoms with Crippen LogP contribution >= 0.6 is 0 Å². The van der Waals surface area contributed by atoms with Crippen molar-refractivity contribution in [1.29, 1.82) is 0 Å². The predicted octanol–water partition coefficient (Wildman–Crippen LogP) is 2.13. The molecule has 1 aromatic carbocycles. The molecule has 0 saturated carbocycles.